The van der Waals surface area contributed by atoms with Gasteiger partial charge in [-0.15, -0.1) is 11.8 Å². The van der Waals surface area contributed by atoms with Crippen molar-refractivity contribution < 1.29 is 0 Å². The van der Waals surface area contributed by atoms with E-state index in [-0.39, 0.29) is 0 Å². The van der Waals surface area contributed by atoms with Gasteiger partial charge in [0.25, 0.3) is 0 Å². The van der Waals surface area contributed by atoms with Crippen molar-refractivity contribution in [2.45, 2.75) is 42.2 Å². The molecule has 1 aromatic carbocycles. The first-order valence-electron chi connectivity index (χ1n) is 7.09. The molecule has 2 aromatic rings. The third-order valence-corrected chi connectivity index (χ3v) is 5.07. The van der Waals surface area contributed by atoms with Crippen LogP contribution in [0.15, 0.2) is 53.7 Å². The average molecular weight is 269 g/mol. The van der Waals surface area contributed by atoms with E-state index in [1.54, 1.807) is 0 Å². The standard InChI is InChI=1S/C17H19NS/c1-2-4-16(5-3-1)19-17-8-6-14(7-9-17)15-10-12-18-13-11-15/h6-13,16H,1-5H2. The normalized spacial score (nSPS) is 16.4. The molecule has 0 spiro atoms. The molecule has 1 saturated carbocycles. The number of rotatable bonds is 3. The summed E-state index contributed by atoms with van der Waals surface area (Å²) in [6, 6.07) is 13.1. The molecule has 2 heteroatoms. The number of hydrogen-bond acceptors (Lipinski definition) is 2. The molecule has 1 aliphatic rings. The lowest BCUT2D eigenvalue weighted by Gasteiger charge is -2.20. The lowest BCUT2D eigenvalue weighted by Crippen LogP contribution is -2.07. The van der Waals surface area contributed by atoms with Crippen molar-refractivity contribution in [1.82, 2.24) is 4.98 Å². The zero-order chi connectivity index (χ0) is 12.9. The van der Waals surface area contributed by atoms with Crippen LogP contribution in [0.1, 0.15) is 32.1 Å². The van der Waals surface area contributed by atoms with Crippen LogP contribution in [-0.4, -0.2) is 10.2 Å². The van der Waals surface area contributed by atoms with Crippen LogP contribution in [0.25, 0.3) is 11.1 Å². The lowest BCUT2D eigenvalue weighted by molar-refractivity contribution is 0.516. The van der Waals surface area contributed by atoms with Gasteiger partial charge in [0, 0.05) is 22.5 Å². The van der Waals surface area contributed by atoms with Gasteiger partial charge >= 0.3 is 0 Å². The van der Waals surface area contributed by atoms with Crippen molar-refractivity contribution in [3.63, 3.8) is 0 Å². The summed E-state index contributed by atoms with van der Waals surface area (Å²) >= 11 is 2.06. The van der Waals surface area contributed by atoms with Crippen LogP contribution in [-0.2, 0) is 0 Å². The van der Waals surface area contributed by atoms with E-state index < -0.39 is 0 Å². The van der Waals surface area contributed by atoms with Crippen molar-refractivity contribution in [3.05, 3.63) is 48.8 Å². The Morgan fingerprint density at radius 1 is 0.789 bits per heavy atom. The molecule has 0 amide bonds. The van der Waals surface area contributed by atoms with E-state index in [2.05, 4.69) is 53.1 Å². The maximum absolute atomic E-state index is 4.06. The van der Waals surface area contributed by atoms with Crippen LogP contribution in [0.5, 0.6) is 0 Å². The number of benzene rings is 1. The van der Waals surface area contributed by atoms with Crippen molar-refractivity contribution in [2.75, 3.05) is 0 Å². The lowest BCUT2D eigenvalue weighted by atomic mass is 10.0. The van der Waals surface area contributed by atoms with Crippen molar-refractivity contribution >= 4 is 11.8 Å². The molecular formula is C17H19NS. The van der Waals surface area contributed by atoms with Gasteiger partial charge in [0.1, 0.15) is 0 Å². The monoisotopic (exact) mass is 269 g/mol. The van der Waals surface area contributed by atoms with Crippen LogP contribution in [0, 0.1) is 0 Å². The summed E-state index contributed by atoms with van der Waals surface area (Å²) in [7, 11) is 0. The summed E-state index contributed by atoms with van der Waals surface area (Å²) in [6.45, 7) is 0. The molecule has 1 aromatic heterocycles. The first-order valence-corrected chi connectivity index (χ1v) is 7.97. The van der Waals surface area contributed by atoms with E-state index in [1.165, 1.54) is 48.1 Å². The molecule has 1 heterocycles. The highest BCUT2D eigenvalue weighted by Gasteiger charge is 2.14. The highest BCUT2D eigenvalue weighted by Crippen LogP contribution is 2.34. The molecule has 1 fully saturated rings. The minimum atomic E-state index is 0.834. The second kappa shape index (κ2) is 6.25. The van der Waals surface area contributed by atoms with Crippen molar-refractivity contribution in [1.29, 1.82) is 0 Å². The molecule has 3 rings (SSSR count). The van der Waals surface area contributed by atoms with E-state index in [0.717, 1.165) is 5.25 Å². The maximum atomic E-state index is 4.06. The van der Waals surface area contributed by atoms with E-state index in [4.69, 9.17) is 0 Å². The quantitative estimate of drug-likeness (QED) is 0.762. The van der Waals surface area contributed by atoms with Crippen LogP contribution in [0.4, 0.5) is 0 Å². The summed E-state index contributed by atoms with van der Waals surface area (Å²) in [4.78, 5) is 5.47. The zero-order valence-electron chi connectivity index (χ0n) is 11.1. The van der Waals surface area contributed by atoms with Crippen LogP contribution < -0.4 is 0 Å². The van der Waals surface area contributed by atoms with Gasteiger partial charge in [0.2, 0.25) is 0 Å². The molecular weight excluding hydrogens is 250 g/mol. The molecule has 1 nitrogen and oxygen atoms in total. The predicted octanol–water partition coefficient (Wildman–Crippen LogP) is 5.17. The Morgan fingerprint density at radius 3 is 2.11 bits per heavy atom. The first-order chi connectivity index (χ1) is 9.42. The van der Waals surface area contributed by atoms with Gasteiger partial charge < -0.3 is 0 Å². The summed E-state index contributed by atoms with van der Waals surface area (Å²) in [6.07, 6.45) is 10.7. The van der Waals surface area contributed by atoms with Crippen molar-refractivity contribution in [2.24, 2.45) is 0 Å². The average Bonchev–Trinajstić information content (AvgIpc) is 2.50. The molecule has 0 radical (unpaired) electrons. The SMILES string of the molecule is c1cc(-c2ccc(SC3CCCCC3)cc2)ccn1. The summed E-state index contributed by atoms with van der Waals surface area (Å²) < 4.78 is 0. The number of thioether (sulfide) groups is 1. The van der Waals surface area contributed by atoms with Gasteiger partial charge in [0.05, 0.1) is 0 Å². The van der Waals surface area contributed by atoms with Crippen molar-refractivity contribution in [3.8, 4) is 11.1 Å². The van der Waals surface area contributed by atoms with E-state index >= 15 is 0 Å². The van der Waals surface area contributed by atoms with Gasteiger partial charge in [-0.25, -0.2) is 0 Å². The molecule has 19 heavy (non-hydrogen) atoms. The topological polar surface area (TPSA) is 12.9 Å². The Labute approximate surface area is 119 Å². The Kier molecular flexibility index (Phi) is 4.19. The Bertz CT molecular complexity index is 501. The number of nitrogens with zero attached hydrogens (tertiary/aromatic N) is 1. The third kappa shape index (κ3) is 3.38. The van der Waals surface area contributed by atoms with E-state index in [1.807, 2.05) is 12.4 Å². The zero-order valence-corrected chi connectivity index (χ0v) is 11.9. The molecule has 0 N–H and O–H groups in total. The van der Waals surface area contributed by atoms with Crippen LogP contribution in [0.3, 0.4) is 0 Å². The Hall–Kier alpha value is -1.28. The molecule has 0 saturated heterocycles. The molecule has 1 aliphatic carbocycles. The van der Waals surface area contributed by atoms with E-state index in [9.17, 15) is 0 Å². The fourth-order valence-electron chi connectivity index (χ4n) is 2.65. The Balaban J connectivity index is 1.68. The number of aromatic nitrogens is 1. The summed E-state index contributed by atoms with van der Waals surface area (Å²) in [5.74, 6) is 0. The number of pyridine rings is 1. The smallest absolute Gasteiger partial charge is 0.0273 e. The van der Waals surface area contributed by atoms with Gasteiger partial charge in [-0.2, -0.15) is 0 Å². The predicted molar refractivity (Wildman–Crippen MR) is 82.4 cm³/mol. The Morgan fingerprint density at radius 2 is 1.42 bits per heavy atom. The third-order valence-electron chi connectivity index (χ3n) is 3.72. The fourth-order valence-corrected chi connectivity index (χ4v) is 3.89. The highest BCUT2D eigenvalue weighted by atomic mass is 32.2. The minimum absolute atomic E-state index is 0.834. The van der Waals surface area contributed by atoms with Gasteiger partial charge in [-0.05, 0) is 48.2 Å². The maximum Gasteiger partial charge on any atom is 0.0273 e. The first kappa shape index (κ1) is 12.7. The van der Waals surface area contributed by atoms with E-state index in [0.29, 0.717) is 0 Å². The highest BCUT2D eigenvalue weighted by molar-refractivity contribution is 8.00. The summed E-state index contributed by atoms with van der Waals surface area (Å²) in [5.41, 5.74) is 2.51. The fraction of sp³-hybridized carbons (Fsp3) is 0.353. The van der Waals surface area contributed by atoms with Crippen LogP contribution >= 0.6 is 11.8 Å². The molecule has 0 unspecified atom stereocenters. The molecule has 0 atom stereocenters. The van der Waals surface area contributed by atoms with Gasteiger partial charge in [-0.3, -0.25) is 4.98 Å². The largest absolute Gasteiger partial charge is 0.265 e. The minimum Gasteiger partial charge on any atom is -0.265 e. The number of hydrogen-bond donors (Lipinski definition) is 0. The van der Waals surface area contributed by atoms with Crippen LogP contribution in [0.2, 0.25) is 0 Å². The second-order valence-electron chi connectivity index (χ2n) is 5.14. The molecule has 98 valence electrons. The summed E-state index contributed by atoms with van der Waals surface area (Å²) in [5, 5.41) is 0.834. The molecule has 0 bridgehead atoms. The second-order valence-corrected chi connectivity index (χ2v) is 6.51. The molecule has 0 aliphatic heterocycles. The van der Waals surface area contributed by atoms with Gasteiger partial charge in [0.15, 0.2) is 0 Å². The van der Waals surface area contributed by atoms with Gasteiger partial charge in [-0.1, -0.05) is 31.4 Å².